The Morgan fingerprint density at radius 3 is 1.96 bits per heavy atom. The molecule has 4 heteroatoms. The SMILES string of the molecule is c1ccc(-c2ncc(-n3c4ccc5ccccc5c4c4c5ccccc5c5sc6ccccc6c5c43)c(-c3ccccc3)n2)cc1. The summed E-state index contributed by atoms with van der Waals surface area (Å²) in [6.07, 6.45) is 2.03. The van der Waals surface area contributed by atoms with Crippen LogP contribution in [0.1, 0.15) is 0 Å². The Morgan fingerprint density at radius 2 is 1.15 bits per heavy atom. The van der Waals surface area contributed by atoms with Crippen LogP contribution in [0.5, 0.6) is 0 Å². The fourth-order valence-electron chi connectivity index (χ4n) is 7.25. The molecule has 0 amide bonds. The largest absolute Gasteiger partial charge is 0.305 e. The Bertz CT molecular complexity index is 2790. The quantitative estimate of drug-likeness (QED) is 0.201. The molecule has 3 heterocycles. The molecule has 3 nitrogen and oxygen atoms in total. The standard InChI is InChI=1S/C42H25N3S/c1-3-14-27(15-4-1)39-34(25-43-42(44-39)28-16-5-2-6-17-28)45-33-24-23-26-13-7-8-18-29(26)36(33)37-30-19-9-10-20-31(30)41-38(40(37)45)32-21-11-12-22-35(32)46-41/h1-25H. The molecule has 3 aromatic heterocycles. The average molecular weight is 604 g/mol. The monoisotopic (exact) mass is 603 g/mol. The second kappa shape index (κ2) is 9.83. The predicted octanol–water partition coefficient (Wildman–Crippen LogP) is 11.6. The summed E-state index contributed by atoms with van der Waals surface area (Å²) in [6.45, 7) is 0. The number of aromatic nitrogens is 3. The van der Waals surface area contributed by atoms with Gasteiger partial charge in [-0.25, -0.2) is 9.97 Å². The fourth-order valence-corrected chi connectivity index (χ4v) is 8.50. The van der Waals surface area contributed by atoms with E-state index in [1.54, 1.807) is 0 Å². The van der Waals surface area contributed by atoms with Crippen molar-refractivity contribution in [2.45, 2.75) is 0 Å². The lowest BCUT2D eigenvalue weighted by molar-refractivity contribution is 1.09. The third-order valence-corrected chi connectivity index (χ3v) is 10.4. The van der Waals surface area contributed by atoms with Gasteiger partial charge in [-0.1, -0.05) is 133 Å². The second-order valence-corrected chi connectivity index (χ2v) is 12.8. The summed E-state index contributed by atoms with van der Waals surface area (Å²) in [5, 5.41) is 10.1. The van der Waals surface area contributed by atoms with Crippen LogP contribution in [0.2, 0.25) is 0 Å². The van der Waals surface area contributed by atoms with Gasteiger partial charge in [0.15, 0.2) is 5.82 Å². The van der Waals surface area contributed by atoms with Crippen molar-refractivity contribution >= 4 is 74.9 Å². The van der Waals surface area contributed by atoms with Gasteiger partial charge in [0, 0.05) is 47.5 Å². The van der Waals surface area contributed by atoms with Gasteiger partial charge in [0.25, 0.3) is 0 Å². The highest BCUT2D eigenvalue weighted by molar-refractivity contribution is 7.27. The molecule has 0 aliphatic carbocycles. The van der Waals surface area contributed by atoms with E-state index in [1.807, 2.05) is 35.7 Å². The maximum absolute atomic E-state index is 5.31. The lowest BCUT2D eigenvalue weighted by Crippen LogP contribution is -2.03. The minimum atomic E-state index is 0.714. The maximum Gasteiger partial charge on any atom is 0.159 e. The van der Waals surface area contributed by atoms with Crippen LogP contribution in [0.25, 0.3) is 91.9 Å². The van der Waals surface area contributed by atoms with Crippen LogP contribution in [0, 0.1) is 0 Å². The molecule has 0 unspecified atom stereocenters. The van der Waals surface area contributed by atoms with Gasteiger partial charge in [0.1, 0.15) is 0 Å². The van der Waals surface area contributed by atoms with Crippen molar-refractivity contribution in [1.82, 2.24) is 14.5 Å². The average Bonchev–Trinajstić information content (AvgIpc) is 3.69. The molecule has 0 N–H and O–H groups in total. The predicted molar refractivity (Wildman–Crippen MR) is 195 cm³/mol. The van der Waals surface area contributed by atoms with Gasteiger partial charge in [-0.3, -0.25) is 0 Å². The van der Waals surface area contributed by atoms with Gasteiger partial charge in [0.2, 0.25) is 0 Å². The smallest absolute Gasteiger partial charge is 0.159 e. The van der Waals surface area contributed by atoms with E-state index in [9.17, 15) is 0 Å². The van der Waals surface area contributed by atoms with E-state index in [2.05, 4.69) is 132 Å². The first-order valence-electron chi connectivity index (χ1n) is 15.5. The van der Waals surface area contributed by atoms with E-state index in [0.29, 0.717) is 5.82 Å². The van der Waals surface area contributed by atoms with Crippen LogP contribution in [0.4, 0.5) is 0 Å². The summed E-state index contributed by atoms with van der Waals surface area (Å²) in [7, 11) is 0. The molecular formula is C42H25N3S. The molecule has 0 spiro atoms. The van der Waals surface area contributed by atoms with E-state index in [1.165, 1.54) is 58.0 Å². The van der Waals surface area contributed by atoms with Crippen LogP contribution in [0.15, 0.2) is 152 Å². The minimum Gasteiger partial charge on any atom is -0.305 e. The molecule has 0 atom stereocenters. The summed E-state index contributed by atoms with van der Waals surface area (Å²) in [5.41, 5.74) is 6.27. The highest BCUT2D eigenvalue weighted by Gasteiger charge is 2.25. The number of hydrogen-bond acceptors (Lipinski definition) is 3. The highest BCUT2D eigenvalue weighted by Crippen LogP contribution is 2.49. The number of hydrogen-bond donors (Lipinski definition) is 0. The maximum atomic E-state index is 5.31. The zero-order chi connectivity index (χ0) is 30.2. The zero-order valence-corrected chi connectivity index (χ0v) is 25.5. The van der Waals surface area contributed by atoms with Crippen molar-refractivity contribution in [2.24, 2.45) is 0 Å². The minimum absolute atomic E-state index is 0.714. The molecule has 46 heavy (non-hydrogen) atoms. The topological polar surface area (TPSA) is 30.7 Å². The molecule has 7 aromatic carbocycles. The summed E-state index contributed by atoms with van der Waals surface area (Å²) in [6, 6.07) is 51.8. The molecular weight excluding hydrogens is 579 g/mol. The van der Waals surface area contributed by atoms with Gasteiger partial charge in [-0.2, -0.15) is 0 Å². The van der Waals surface area contributed by atoms with Gasteiger partial charge in [-0.15, -0.1) is 11.3 Å². The van der Waals surface area contributed by atoms with Crippen LogP contribution in [0.3, 0.4) is 0 Å². The first-order valence-corrected chi connectivity index (χ1v) is 16.3. The number of fused-ring (bicyclic) bond motifs is 12. The van der Waals surface area contributed by atoms with Crippen molar-refractivity contribution in [3.05, 3.63) is 152 Å². The Morgan fingerprint density at radius 1 is 0.500 bits per heavy atom. The van der Waals surface area contributed by atoms with Crippen molar-refractivity contribution in [3.8, 4) is 28.3 Å². The third kappa shape index (κ3) is 3.59. The molecule has 0 saturated heterocycles. The Hall–Kier alpha value is -5.84. The lowest BCUT2D eigenvalue weighted by Gasteiger charge is -2.15. The second-order valence-electron chi connectivity index (χ2n) is 11.7. The summed E-state index contributed by atoms with van der Waals surface area (Å²) < 4.78 is 5.04. The van der Waals surface area contributed by atoms with Gasteiger partial charge in [0.05, 0.1) is 28.6 Å². The van der Waals surface area contributed by atoms with Crippen LogP contribution < -0.4 is 0 Å². The van der Waals surface area contributed by atoms with Crippen LogP contribution in [-0.2, 0) is 0 Å². The van der Waals surface area contributed by atoms with Crippen molar-refractivity contribution in [2.75, 3.05) is 0 Å². The summed E-state index contributed by atoms with van der Waals surface area (Å²) >= 11 is 1.88. The molecule has 0 saturated carbocycles. The number of thiophene rings is 1. The number of rotatable bonds is 3. The first-order chi connectivity index (χ1) is 22.8. The summed E-state index contributed by atoms with van der Waals surface area (Å²) in [5.74, 6) is 0.714. The van der Waals surface area contributed by atoms with Gasteiger partial charge >= 0.3 is 0 Å². The molecule has 0 fully saturated rings. The van der Waals surface area contributed by atoms with E-state index in [4.69, 9.17) is 9.97 Å². The summed E-state index contributed by atoms with van der Waals surface area (Å²) in [4.78, 5) is 10.3. The number of benzene rings is 7. The zero-order valence-electron chi connectivity index (χ0n) is 24.7. The third-order valence-electron chi connectivity index (χ3n) is 9.22. The van der Waals surface area contributed by atoms with Crippen molar-refractivity contribution in [3.63, 3.8) is 0 Å². The van der Waals surface area contributed by atoms with Crippen LogP contribution >= 0.6 is 11.3 Å². The van der Waals surface area contributed by atoms with Gasteiger partial charge in [-0.05, 0) is 28.3 Å². The Kier molecular flexibility index (Phi) is 5.45. The van der Waals surface area contributed by atoms with E-state index in [0.717, 1.165) is 28.0 Å². The molecule has 10 aromatic rings. The lowest BCUT2D eigenvalue weighted by atomic mass is 9.97. The van der Waals surface area contributed by atoms with Crippen molar-refractivity contribution in [1.29, 1.82) is 0 Å². The molecule has 0 radical (unpaired) electrons. The first kappa shape index (κ1) is 25.5. The molecule has 214 valence electrons. The number of nitrogens with zero attached hydrogens (tertiary/aromatic N) is 3. The van der Waals surface area contributed by atoms with Crippen molar-refractivity contribution < 1.29 is 0 Å². The fraction of sp³-hybridized carbons (Fsp3) is 0. The van der Waals surface area contributed by atoms with Crippen LogP contribution in [-0.4, -0.2) is 14.5 Å². The van der Waals surface area contributed by atoms with E-state index < -0.39 is 0 Å². The Balaban J connectivity index is 1.48. The van der Waals surface area contributed by atoms with E-state index >= 15 is 0 Å². The molecule has 0 aliphatic rings. The molecule has 10 rings (SSSR count). The normalized spacial score (nSPS) is 11.9. The Labute approximate surface area is 268 Å². The van der Waals surface area contributed by atoms with E-state index in [-0.39, 0.29) is 0 Å². The molecule has 0 aliphatic heterocycles. The highest BCUT2D eigenvalue weighted by atomic mass is 32.1. The molecule has 0 bridgehead atoms. The van der Waals surface area contributed by atoms with Gasteiger partial charge < -0.3 is 4.57 Å².